The molecule has 0 bridgehead atoms. The van der Waals surface area contributed by atoms with E-state index in [9.17, 15) is 4.79 Å². The molecule has 3 aromatic rings. The molecular weight excluding hydrogens is 383 g/mol. The van der Waals surface area contributed by atoms with E-state index in [2.05, 4.69) is 10.1 Å². The van der Waals surface area contributed by atoms with Crippen molar-refractivity contribution >= 4 is 35.2 Å². The van der Waals surface area contributed by atoms with Crippen molar-refractivity contribution in [3.8, 4) is 5.69 Å². The standard InChI is InChI=1S/C20H18Cl2N4O/c1-14(16-5-7-17(8-6-16)26-13-23-12-24-26)25(2)20(27)10-4-15-3-9-18(21)19(22)11-15/h3-14H,1-2H3/b10-4+/t14-/m1/s1. The van der Waals surface area contributed by atoms with Gasteiger partial charge in [0.25, 0.3) is 0 Å². The lowest BCUT2D eigenvalue weighted by molar-refractivity contribution is -0.126. The van der Waals surface area contributed by atoms with E-state index in [1.54, 1.807) is 41.2 Å². The number of carbonyl (C=O) groups excluding carboxylic acids is 1. The summed E-state index contributed by atoms with van der Waals surface area (Å²) in [6.45, 7) is 1.98. The first-order valence-electron chi connectivity index (χ1n) is 8.30. The molecule has 0 fully saturated rings. The van der Waals surface area contributed by atoms with Crippen LogP contribution in [0.4, 0.5) is 0 Å². The zero-order chi connectivity index (χ0) is 19.4. The second-order valence-electron chi connectivity index (χ2n) is 6.06. The van der Waals surface area contributed by atoms with Crippen molar-refractivity contribution < 1.29 is 4.79 Å². The molecule has 138 valence electrons. The van der Waals surface area contributed by atoms with Gasteiger partial charge in [0, 0.05) is 13.1 Å². The van der Waals surface area contributed by atoms with Crippen molar-refractivity contribution in [2.45, 2.75) is 13.0 Å². The van der Waals surface area contributed by atoms with E-state index >= 15 is 0 Å². The Bertz CT molecular complexity index is 953. The van der Waals surface area contributed by atoms with Crippen LogP contribution >= 0.6 is 23.2 Å². The summed E-state index contributed by atoms with van der Waals surface area (Å²) in [5, 5.41) is 5.05. The Morgan fingerprint density at radius 1 is 1.15 bits per heavy atom. The quantitative estimate of drug-likeness (QED) is 0.577. The lowest BCUT2D eigenvalue weighted by atomic mass is 10.1. The second-order valence-corrected chi connectivity index (χ2v) is 6.88. The molecule has 0 radical (unpaired) electrons. The molecule has 2 aromatic carbocycles. The largest absolute Gasteiger partial charge is 0.335 e. The normalized spacial score (nSPS) is 12.3. The molecule has 0 spiro atoms. The Kier molecular flexibility index (Phi) is 5.94. The SMILES string of the molecule is C[C@H](c1ccc(-n2cncn2)cc1)N(C)C(=O)/C=C/c1ccc(Cl)c(Cl)c1. The molecule has 0 aliphatic heterocycles. The predicted octanol–water partition coefficient (Wildman–Crippen LogP) is 4.81. The van der Waals surface area contributed by atoms with Crippen molar-refractivity contribution in [1.29, 1.82) is 0 Å². The molecular formula is C20H18Cl2N4O. The summed E-state index contributed by atoms with van der Waals surface area (Å²) < 4.78 is 1.68. The van der Waals surface area contributed by atoms with E-state index < -0.39 is 0 Å². The molecule has 3 rings (SSSR count). The van der Waals surface area contributed by atoms with Crippen LogP contribution in [-0.2, 0) is 4.79 Å². The number of rotatable bonds is 5. The molecule has 1 heterocycles. The second kappa shape index (κ2) is 8.37. The van der Waals surface area contributed by atoms with Gasteiger partial charge in [0.1, 0.15) is 12.7 Å². The zero-order valence-corrected chi connectivity index (χ0v) is 16.4. The van der Waals surface area contributed by atoms with Crippen LogP contribution in [0.2, 0.25) is 10.0 Å². The molecule has 0 unspecified atom stereocenters. The number of hydrogen-bond acceptors (Lipinski definition) is 3. The van der Waals surface area contributed by atoms with E-state index in [-0.39, 0.29) is 11.9 Å². The summed E-state index contributed by atoms with van der Waals surface area (Å²) in [4.78, 5) is 18.1. The van der Waals surface area contributed by atoms with Gasteiger partial charge in [0.15, 0.2) is 0 Å². The number of halogens is 2. The minimum absolute atomic E-state index is 0.0826. The maximum atomic E-state index is 12.5. The van der Waals surface area contributed by atoms with Crippen LogP contribution in [0.1, 0.15) is 24.1 Å². The summed E-state index contributed by atoms with van der Waals surface area (Å²) in [6, 6.07) is 13.0. The number of likely N-dealkylation sites (N-methyl/N-ethyl adjacent to an activating group) is 1. The summed E-state index contributed by atoms with van der Waals surface area (Å²) >= 11 is 11.9. The highest BCUT2D eigenvalue weighted by atomic mass is 35.5. The van der Waals surface area contributed by atoms with E-state index in [1.807, 2.05) is 37.3 Å². The van der Waals surface area contributed by atoms with Crippen LogP contribution in [0.15, 0.2) is 61.2 Å². The first-order valence-corrected chi connectivity index (χ1v) is 9.06. The lowest BCUT2D eigenvalue weighted by Gasteiger charge is -2.24. The molecule has 0 N–H and O–H groups in total. The number of aromatic nitrogens is 3. The van der Waals surface area contributed by atoms with Gasteiger partial charge in [-0.25, -0.2) is 9.67 Å². The van der Waals surface area contributed by atoms with Crippen LogP contribution in [0.25, 0.3) is 11.8 Å². The topological polar surface area (TPSA) is 51.0 Å². The highest BCUT2D eigenvalue weighted by Gasteiger charge is 2.15. The Morgan fingerprint density at radius 2 is 1.89 bits per heavy atom. The van der Waals surface area contributed by atoms with Gasteiger partial charge in [-0.05, 0) is 48.4 Å². The van der Waals surface area contributed by atoms with Crippen LogP contribution in [-0.4, -0.2) is 32.6 Å². The van der Waals surface area contributed by atoms with E-state index in [1.165, 1.54) is 12.4 Å². The number of amides is 1. The molecule has 1 atom stereocenters. The monoisotopic (exact) mass is 400 g/mol. The van der Waals surface area contributed by atoms with Crippen LogP contribution in [0.3, 0.4) is 0 Å². The lowest BCUT2D eigenvalue weighted by Crippen LogP contribution is -2.27. The maximum Gasteiger partial charge on any atom is 0.246 e. The Labute approximate surface area is 167 Å². The highest BCUT2D eigenvalue weighted by molar-refractivity contribution is 6.42. The van der Waals surface area contributed by atoms with Crippen LogP contribution in [0, 0.1) is 0 Å². The highest BCUT2D eigenvalue weighted by Crippen LogP contribution is 2.24. The van der Waals surface area contributed by atoms with E-state index in [0.29, 0.717) is 10.0 Å². The molecule has 5 nitrogen and oxygen atoms in total. The molecule has 1 amide bonds. The number of hydrogen-bond donors (Lipinski definition) is 0. The third-order valence-electron chi connectivity index (χ3n) is 4.35. The van der Waals surface area contributed by atoms with Gasteiger partial charge in [-0.1, -0.05) is 41.4 Å². The molecule has 0 aliphatic carbocycles. The number of carbonyl (C=O) groups is 1. The van der Waals surface area contributed by atoms with Crippen molar-refractivity contribution in [1.82, 2.24) is 19.7 Å². The van der Waals surface area contributed by atoms with Gasteiger partial charge in [0.2, 0.25) is 5.91 Å². The summed E-state index contributed by atoms with van der Waals surface area (Å²) in [7, 11) is 1.78. The van der Waals surface area contributed by atoms with E-state index in [0.717, 1.165) is 16.8 Å². The number of nitrogens with zero attached hydrogens (tertiary/aromatic N) is 4. The molecule has 27 heavy (non-hydrogen) atoms. The smallest absolute Gasteiger partial charge is 0.246 e. The third kappa shape index (κ3) is 4.56. The molecule has 7 heteroatoms. The Balaban J connectivity index is 1.68. The van der Waals surface area contributed by atoms with Crippen LogP contribution < -0.4 is 0 Å². The fraction of sp³-hybridized carbons (Fsp3) is 0.150. The van der Waals surface area contributed by atoms with Crippen LogP contribution in [0.5, 0.6) is 0 Å². The molecule has 1 aromatic heterocycles. The first-order chi connectivity index (χ1) is 13.0. The van der Waals surface area contributed by atoms with Gasteiger partial charge < -0.3 is 4.90 Å². The predicted molar refractivity (Wildman–Crippen MR) is 108 cm³/mol. The average Bonchev–Trinajstić information content (AvgIpc) is 3.22. The summed E-state index contributed by atoms with van der Waals surface area (Å²) in [6.07, 6.45) is 6.38. The molecule has 0 aliphatic rings. The van der Waals surface area contributed by atoms with Gasteiger partial charge in [0.05, 0.1) is 21.8 Å². The van der Waals surface area contributed by atoms with Crippen molar-refractivity contribution in [3.05, 3.63) is 82.4 Å². The van der Waals surface area contributed by atoms with Crippen molar-refractivity contribution in [2.75, 3.05) is 7.05 Å². The average molecular weight is 401 g/mol. The van der Waals surface area contributed by atoms with Crippen molar-refractivity contribution in [2.24, 2.45) is 0 Å². The minimum Gasteiger partial charge on any atom is -0.335 e. The molecule has 0 saturated carbocycles. The first kappa shape index (κ1) is 19.1. The molecule has 0 saturated heterocycles. The summed E-state index contributed by atoms with van der Waals surface area (Å²) in [5.41, 5.74) is 2.76. The van der Waals surface area contributed by atoms with E-state index in [4.69, 9.17) is 23.2 Å². The Morgan fingerprint density at radius 3 is 2.52 bits per heavy atom. The maximum absolute atomic E-state index is 12.5. The van der Waals surface area contributed by atoms with Crippen molar-refractivity contribution in [3.63, 3.8) is 0 Å². The fourth-order valence-electron chi connectivity index (χ4n) is 2.56. The zero-order valence-electron chi connectivity index (χ0n) is 14.9. The number of benzene rings is 2. The third-order valence-corrected chi connectivity index (χ3v) is 5.09. The Hall–Kier alpha value is -2.63. The van der Waals surface area contributed by atoms with Gasteiger partial charge >= 0.3 is 0 Å². The van der Waals surface area contributed by atoms with Gasteiger partial charge in [-0.3, -0.25) is 4.79 Å². The fourth-order valence-corrected chi connectivity index (χ4v) is 2.87. The minimum atomic E-state index is -0.103. The summed E-state index contributed by atoms with van der Waals surface area (Å²) in [5.74, 6) is -0.103. The van der Waals surface area contributed by atoms with Gasteiger partial charge in [-0.15, -0.1) is 0 Å². The van der Waals surface area contributed by atoms with Gasteiger partial charge in [-0.2, -0.15) is 5.10 Å².